The second kappa shape index (κ2) is 5.79. The van der Waals surface area contributed by atoms with Crippen molar-refractivity contribution in [3.63, 3.8) is 0 Å². The van der Waals surface area contributed by atoms with Crippen molar-refractivity contribution in [2.45, 2.75) is 33.2 Å². The van der Waals surface area contributed by atoms with E-state index in [2.05, 4.69) is 23.1 Å². The van der Waals surface area contributed by atoms with Crippen LogP contribution in [0.1, 0.15) is 28.4 Å². The molecule has 1 rings (SSSR count). The first-order valence-corrected chi connectivity index (χ1v) is 5.62. The van der Waals surface area contributed by atoms with Gasteiger partial charge >= 0.3 is 0 Å². The molecule has 0 radical (unpaired) electrons. The van der Waals surface area contributed by atoms with Gasteiger partial charge in [-0.3, -0.25) is 0 Å². The first-order valence-electron chi connectivity index (χ1n) is 4.81. The molecule has 2 nitrogen and oxygen atoms in total. The molecule has 0 saturated carbocycles. The molecule has 76 valence electrons. The molecular formula is C11H16N2S. The predicted molar refractivity (Wildman–Crippen MR) is 61.4 cm³/mol. The fraction of sp³-hybridized carbons (Fsp3) is 0.545. The maximum absolute atomic E-state index is 5.16. The summed E-state index contributed by atoms with van der Waals surface area (Å²) < 4.78 is 0. The van der Waals surface area contributed by atoms with Crippen LogP contribution in [0.5, 0.6) is 0 Å². The summed E-state index contributed by atoms with van der Waals surface area (Å²) in [4.78, 5) is 5.75. The molecule has 0 aromatic carbocycles. The number of hydrogen-bond donors (Lipinski definition) is 1. The van der Waals surface area contributed by atoms with E-state index in [9.17, 15) is 0 Å². The highest BCUT2D eigenvalue weighted by atomic mass is 32.1. The highest BCUT2D eigenvalue weighted by Gasteiger charge is 2.01. The van der Waals surface area contributed by atoms with Gasteiger partial charge in [-0.15, -0.1) is 23.7 Å². The molecule has 0 fully saturated rings. The van der Waals surface area contributed by atoms with Gasteiger partial charge in [0, 0.05) is 17.8 Å². The minimum atomic E-state index is 0.850. The molecule has 3 heteroatoms. The van der Waals surface area contributed by atoms with Crippen molar-refractivity contribution in [2.75, 3.05) is 6.54 Å². The molecule has 1 heterocycles. The van der Waals surface area contributed by atoms with E-state index in [0.29, 0.717) is 0 Å². The van der Waals surface area contributed by atoms with E-state index in [1.54, 1.807) is 11.3 Å². The van der Waals surface area contributed by atoms with Crippen molar-refractivity contribution in [1.29, 1.82) is 0 Å². The summed E-state index contributed by atoms with van der Waals surface area (Å²) in [5.41, 5.74) is 1.15. The average molecular weight is 208 g/mol. The zero-order valence-electron chi connectivity index (χ0n) is 8.76. The third-order valence-corrected chi connectivity index (χ3v) is 3.10. The number of aromatic nitrogens is 1. The molecule has 0 atom stereocenters. The number of aryl methyl sites for hydroxylation is 2. The van der Waals surface area contributed by atoms with E-state index < -0.39 is 0 Å². The molecule has 0 aliphatic carbocycles. The summed E-state index contributed by atoms with van der Waals surface area (Å²) in [6.45, 7) is 5.99. The summed E-state index contributed by atoms with van der Waals surface area (Å²) in [5, 5.41) is 4.50. The van der Waals surface area contributed by atoms with Crippen LogP contribution in [-0.2, 0) is 6.54 Å². The van der Waals surface area contributed by atoms with Crippen molar-refractivity contribution >= 4 is 11.3 Å². The molecule has 14 heavy (non-hydrogen) atoms. The standard InChI is InChI=1S/C11H16N2S/c1-4-5-6-7-12-8-11-13-9(2)10(3)14-11/h1,12H,5-8H2,2-3H3. The fourth-order valence-corrected chi connectivity index (χ4v) is 2.03. The van der Waals surface area contributed by atoms with Gasteiger partial charge in [0.1, 0.15) is 5.01 Å². The topological polar surface area (TPSA) is 24.9 Å². The molecular weight excluding hydrogens is 192 g/mol. The van der Waals surface area contributed by atoms with E-state index in [-0.39, 0.29) is 0 Å². The Morgan fingerprint density at radius 1 is 1.50 bits per heavy atom. The lowest BCUT2D eigenvalue weighted by molar-refractivity contribution is 0.656. The third-order valence-electron chi connectivity index (χ3n) is 2.02. The lowest BCUT2D eigenvalue weighted by Gasteiger charge is -1.98. The summed E-state index contributed by atoms with van der Waals surface area (Å²) in [6.07, 6.45) is 7.05. The minimum Gasteiger partial charge on any atom is -0.310 e. The maximum atomic E-state index is 5.16. The van der Waals surface area contributed by atoms with Crippen LogP contribution in [0.25, 0.3) is 0 Å². The van der Waals surface area contributed by atoms with E-state index in [4.69, 9.17) is 6.42 Å². The zero-order chi connectivity index (χ0) is 10.4. The first kappa shape index (κ1) is 11.2. The molecule has 0 bridgehead atoms. The van der Waals surface area contributed by atoms with Gasteiger partial charge in [0.25, 0.3) is 0 Å². The van der Waals surface area contributed by atoms with Crippen LogP contribution in [0.4, 0.5) is 0 Å². The van der Waals surface area contributed by atoms with E-state index >= 15 is 0 Å². The van der Waals surface area contributed by atoms with Crippen molar-refractivity contribution in [3.05, 3.63) is 15.6 Å². The zero-order valence-corrected chi connectivity index (χ0v) is 9.58. The molecule has 1 aromatic heterocycles. The SMILES string of the molecule is C#CCCCNCc1nc(C)c(C)s1. The number of unbranched alkanes of at least 4 members (excludes halogenated alkanes) is 1. The first-order chi connectivity index (χ1) is 6.74. The molecule has 0 aliphatic heterocycles. The Morgan fingerprint density at radius 2 is 2.29 bits per heavy atom. The fourth-order valence-electron chi connectivity index (χ4n) is 1.13. The lowest BCUT2D eigenvalue weighted by Crippen LogP contribution is -2.14. The molecule has 0 spiro atoms. The molecule has 0 aliphatic rings. The molecule has 0 amide bonds. The number of nitrogens with zero attached hydrogens (tertiary/aromatic N) is 1. The summed E-state index contributed by atoms with van der Waals surface area (Å²) in [7, 11) is 0. The summed E-state index contributed by atoms with van der Waals surface area (Å²) in [5.74, 6) is 2.63. The molecule has 1 aromatic rings. The van der Waals surface area contributed by atoms with Crippen LogP contribution < -0.4 is 5.32 Å². The van der Waals surface area contributed by atoms with Crippen LogP contribution in [0, 0.1) is 26.2 Å². The monoisotopic (exact) mass is 208 g/mol. The Balaban J connectivity index is 2.22. The summed E-state index contributed by atoms with van der Waals surface area (Å²) in [6, 6.07) is 0. The van der Waals surface area contributed by atoms with Gasteiger partial charge in [-0.2, -0.15) is 0 Å². The Kier molecular flexibility index (Phi) is 4.64. The van der Waals surface area contributed by atoms with Gasteiger partial charge in [0.05, 0.1) is 5.69 Å². The van der Waals surface area contributed by atoms with Gasteiger partial charge in [-0.05, 0) is 26.8 Å². The van der Waals surface area contributed by atoms with Gasteiger partial charge in [-0.25, -0.2) is 4.98 Å². The molecule has 1 N–H and O–H groups in total. The van der Waals surface area contributed by atoms with Crippen molar-refractivity contribution < 1.29 is 0 Å². The number of hydrogen-bond acceptors (Lipinski definition) is 3. The lowest BCUT2D eigenvalue weighted by atomic mass is 10.3. The molecule has 0 unspecified atom stereocenters. The van der Waals surface area contributed by atoms with Crippen molar-refractivity contribution in [1.82, 2.24) is 10.3 Å². The third kappa shape index (κ3) is 3.49. The van der Waals surface area contributed by atoms with Crippen LogP contribution in [0.2, 0.25) is 0 Å². The summed E-state index contributed by atoms with van der Waals surface area (Å²) >= 11 is 1.76. The van der Waals surface area contributed by atoms with E-state index in [0.717, 1.165) is 31.6 Å². The Hall–Kier alpha value is -0.850. The van der Waals surface area contributed by atoms with Crippen LogP contribution in [0.3, 0.4) is 0 Å². The quantitative estimate of drug-likeness (QED) is 0.593. The number of rotatable bonds is 5. The van der Waals surface area contributed by atoms with Gasteiger partial charge in [-0.1, -0.05) is 0 Å². The maximum Gasteiger partial charge on any atom is 0.107 e. The molecule has 0 saturated heterocycles. The van der Waals surface area contributed by atoms with Crippen LogP contribution >= 0.6 is 11.3 Å². The number of terminal acetylenes is 1. The van der Waals surface area contributed by atoms with Gasteiger partial charge < -0.3 is 5.32 Å². The van der Waals surface area contributed by atoms with Gasteiger partial charge in [0.15, 0.2) is 0 Å². The van der Waals surface area contributed by atoms with Crippen LogP contribution in [-0.4, -0.2) is 11.5 Å². The smallest absolute Gasteiger partial charge is 0.107 e. The van der Waals surface area contributed by atoms with Crippen molar-refractivity contribution in [2.24, 2.45) is 0 Å². The second-order valence-electron chi connectivity index (χ2n) is 3.23. The van der Waals surface area contributed by atoms with E-state index in [1.807, 2.05) is 6.92 Å². The second-order valence-corrected chi connectivity index (χ2v) is 4.52. The number of thiazole rings is 1. The largest absolute Gasteiger partial charge is 0.310 e. The number of nitrogens with one attached hydrogen (secondary N) is 1. The Bertz CT molecular complexity index is 303. The van der Waals surface area contributed by atoms with Crippen molar-refractivity contribution in [3.8, 4) is 12.3 Å². The minimum absolute atomic E-state index is 0.850. The Morgan fingerprint density at radius 3 is 2.86 bits per heavy atom. The highest BCUT2D eigenvalue weighted by Crippen LogP contribution is 2.15. The Labute approximate surface area is 89.8 Å². The predicted octanol–water partition coefficient (Wildman–Crippen LogP) is 2.26. The van der Waals surface area contributed by atoms with Gasteiger partial charge in [0.2, 0.25) is 0 Å². The normalized spacial score (nSPS) is 10.1. The average Bonchev–Trinajstić information content (AvgIpc) is 2.46. The highest BCUT2D eigenvalue weighted by molar-refractivity contribution is 7.11. The van der Waals surface area contributed by atoms with Crippen LogP contribution in [0.15, 0.2) is 0 Å². The van der Waals surface area contributed by atoms with E-state index in [1.165, 1.54) is 9.88 Å².